The van der Waals surface area contributed by atoms with Gasteiger partial charge < -0.3 is 4.74 Å². The quantitative estimate of drug-likeness (QED) is 0.712. The van der Waals surface area contributed by atoms with E-state index in [1.54, 1.807) is 7.11 Å². The third-order valence-electron chi connectivity index (χ3n) is 2.92. The van der Waals surface area contributed by atoms with Crippen LogP contribution in [0.1, 0.15) is 26.7 Å². The minimum atomic E-state index is 0.347. The zero-order valence-corrected chi connectivity index (χ0v) is 10.4. The van der Waals surface area contributed by atoms with Gasteiger partial charge in [0.25, 0.3) is 0 Å². The van der Waals surface area contributed by atoms with Crippen molar-refractivity contribution in [3.05, 3.63) is 0 Å². The van der Waals surface area contributed by atoms with Crippen molar-refractivity contribution >= 4 is 15.9 Å². The van der Waals surface area contributed by atoms with Gasteiger partial charge in [-0.05, 0) is 33.2 Å². The average molecular weight is 250 g/mol. The van der Waals surface area contributed by atoms with Gasteiger partial charge in [0.2, 0.25) is 0 Å². The SMILES string of the molecule is COC(C)CN1CCCC(Br)C1C. The summed E-state index contributed by atoms with van der Waals surface area (Å²) in [7, 11) is 1.78. The number of hydrogen-bond donors (Lipinski definition) is 0. The highest BCUT2D eigenvalue weighted by Crippen LogP contribution is 2.23. The fraction of sp³-hybridized carbons (Fsp3) is 1.00. The molecule has 3 heteroatoms. The molecule has 0 N–H and O–H groups in total. The first-order valence-electron chi connectivity index (χ1n) is 5.06. The van der Waals surface area contributed by atoms with Crippen molar-refractivity contribution < 1.29 is 4.74 Å². The number of rotatable bonds is 3. The van der Waals surface area contributed by atoms with Crippen LogP contribution in [-0.2, 0) is 4.74 Å². The number of alkyl halides is 1. The molecule has 1 fully saturated rings. The average Bonchev–Trinajstić information content (AvgIpc) is 2.13. The van der Waals surface area contributed by atoms with Crippen molar-refractivity contribution in [2.24, 2.45) is 0 Å². The lowest BCUT2D eigenvalue weighted by Crippen LogP contribution is -2.46. The molecule has 0 spiro atoms. The van der Waals surface area contributed by atoms with Crippen molar-refractivity contribution in [3.8, 4) is 0 Å². The Morgan fingerprint density at radius 1 is 1.62 bits per heavy atom. The molecular formula is C10H20BrNO. The first-order valence-corrected chi connectivity index (χ1v) is 5.97. The van der Waals surface area contributed by atoms with Crippen molar-refractivity contribution in [2.75, 3.05) is 20.2 Å². The van der Waals surface area contributed by atoms with Crippen LogP contribution < -0.4 is 0 Å². The monoisotopic (exact) mass is 249 g/mol. The number of halogens is 1. The second-order valence-electron chi connectivity index (χ2n) is 3.94. The van der Waals surface area contributed by atoms with E-state index in [0.717, 1.165) is 6.54 Å². The second-order valence-corrected chi connectivity index (χ2v) is 5.12. The standard InChI is InChI=1S/C10H20BrNO/c1-8(13-3)7-12-6-4-5-10(11)9(12)2/h8-10H,4-7H2,1-3H3. The molecule has 1 rings (SSSR count). The van der Waals surface area contributed by atoms with Crippen LogP contribution in [0, 0.1) is 0 Å². The van der Waals surface area contributed by atoms with E-state index in [9.17, 15) is 0 Å². The highest BCUT2D eigenvalue weighted by atomic mass is 79.9. The van der Waals surface area contributed by atoms with Crippen molar-refractivity contribution in [3.63, 3.8) is 0 Å². The summed E-state index contributed by atoms with van der Waals surface area (Å²) in [5.74, 6) is 0. The molecule has 0 radical (unpaired) electrons. The maximum absolute atomic E-state index is 5.28. The van der Waals surface area contributed by atoms with Crippen LogP contribution in [0.2, 0.25) is 0 Å². The minimum absolute atomic E-state index is 0.347. The number of hydrogen-bond acceptors (Lipinski definition) is 2. The summed E-state index contributed by atoms with van der Waals surface area (Å²) < 4.78 is 5.28. The lowest BCUT2D eigenvalue weighted by Gasteiger charge is -2.38. The second kappa shape index (κ2) is 5.32. The smallest absolute Gasteiger partial charge is 0.0670 e. The summed E-state index contributed by atoms with van der Waals surface area (Å²) in [6, 6.07) is 0.645. The van der Waals surface area contributed by atoms with Gasteiger partial charge in [-0.15, -0.1) is 0 Å². The first kappa shape index (κ1) is 11.5. The van der Waals surface area contributed by atoms with E-state index in [1.165, 1.54) is 19.4 Å². The van der Waals surface area contributed by atoms with Gasteiger partial charge >= 0.3 is 0 Å². The van der Waals surface area contributed by atoms with Gasteiger partial charge in [0.05, 0.1) is 6.10 Å². The molecule has 0 aromatic heterocycles. The zero-order chi connectivity index (χ0) is 9.84. The molecule has 3 unspecified atom stereocenters. The Bertz CT molecular complexity index is 154. The van der Waals surface area contributed by atoms with Crippen LogP contribution in [0.25, 0.3) is 0 Å². The summed E-state index contributed by atoms with van der Waals surface area (Å²) in [5, 5.41) is 0. The molecule has 2 nitrogen and oxygen atoms in total. The number of nitrogens with zero attached hydrogens (tertiary/aromatic N) is 1. The number of likely N-dealkylation sites (tertiary alicyclic amines) is 1. The Balaban J connectivity index is 2.39. The van der Waals surface area contributed by atoms with Gasteiger partial charge in [-0.2, -0.15) is 0 Å². The van der Waals surface area contributed by atoms with E-state index in [0.29, 0.717) is 17.0 Å². The summed E-state index contributed by atoms with van der Waals surface area (Å²) >= 11 is 3.72. The molecule has 0 aromatic carbocycles. The van der Waals surface area contributed by atoms with Gasteiger partial charge in [0.1, 0.15) is 0 Å². The van der Waals surface area contributed by atoms with Crippen LogP contribution in [0.5, 0.6) is 0 Å². The largest absolute Gasteiger partial charge is 0.380 e. The molecule has 0 amide bonds. The molecule has 1 aliphatic rings. The number of methoxy groups -OCH3 is 1. The van der Waals surface area contributed by atoms with E-state index < -0.39 is 0 Å². The van der Waals surface area contributed by atoms with E-state index in [4.69, 9.17) is 4.74 Å². The van der Waals surface area contributed by atoms with E-state index >= 15 is 0 Å². The fourth-order valence-electron chi connectivity index (χ4n) is 1.83. The molecule has 0 aromatic rings. The van der Waals surface area contributed by atoms with Crippen LogP contribution >= 0.6 is 15.9 Å². The molecule has 3 atom stereocenters. The molecule has 13 heavy (non-hydrogen) atoms. The predicted molar refractivity (Wildman–Crippen MR) is 59.5 cm³/mol. The van der Waals surface area contributed by atoms with Gasteiger partial charge in [0.15, 0.2) is 0 Å². The van der Waals surface area contributed by atoms with Gasteiger partial charge in [-0.25, -0.2) is 0 Å². The number of piperidine rings is 1. The third-order valence-corrected chi connectivity index (χ3v) is 4.14. The van der Waals surface area contributed by atoms with Gasteiger partial charge in [-0.3, -0.25) is 4.90 Å². The Hall–Kier alpha value is 0.400. The van der Waals surface area contributed by atoms with Crippen LogP contribution in [0.15, 0.2) is 0 Å². The molecule has 1 heterocycles. The van der Waals surface area contributed by atoms with Crippen LogP contribution in [0.3, 0.4) is 0 Å². The van der Waals surface area contributed by atoms with Crippen LogP contribution in [-0.4, -0.2) is 42.1 Å². The van der Waals surface area contributed by atoms with Crippen molar-refractivity contribution in [2.45, 2.75) is 43.7 Å². The summed E-state index contributed by atoms with van der Waals surface area (Å²) in [6.07, 6.45) is 2.95. The Morgan fingerprint density at radius 3 is 2.92 bits per heavy atom. The Kier molecular flexibility index (Phi) is 4.70. The molecule has 78 valence electrons. The Morgan fingerprint density at radius 2 is 2.31 bits per heavy atom. The topological polar surface area (TPSA) is 12.5 Å². The van der Waals surface area contributed by atoms with Gasteiger partial charge in [-0.1, -0.05) is 15.9 Å². The summed E-state index contributed by atoms with van der Waals surface area (Å²) in [4.78, 5) is 3.17. The fourth-order valence-corrected chi connectivity index (χ4v) is 2.48. The summed E-state index contributed by atoms with van der Waals surface area (Å²) in [6.45, 7) is 6.70. The first-order chi connectivity index (χ1) is 6.15. The van der Waals surface area contributed by atoms with Crippen molar-refractivity contribution in [1.82, 2.24) is 4.90 Å². The minimum Gasteiger partial charge on any atom is -0.380 e. The number of ether oxygens (including phenoxy) is 1. The predicted octanol–water partition coefficient (Wildman–Crippen LogP) is 2.27. The van der Waals surface area contributed by atoms with Crippen LogP contribution in [0.4, 0.5) is 0 Å². The maximum atomic E-state index is 5.28. The van der Waals surface area contributed by atoms with E-state index in [-0.39, 0.29) is 0 Å². The van der Waals surface area contributed by atoms with Crippen molar-refractivity contribution in [1.29, 1.82) is 0 Å². The molecule has 0 saturated carbocycles. The summed E-state index contributed by atoms with van der Waals surface area (Å²) in [5.41, 5.74) is 0. The zero-order valence-electron chi connectivity index (χ0n) is 8.79. The lowest BCUT2D eigenvalue weighted by molar-refractivity contribution is 0.0531. The highest BCUT2D eigenvalue weighted by molar-refractivity contribution is 9.09. The molecule has 1 saturated heterocycles. The van der Waals surface area contributed by atoms with Gasteiger partial charge in [0, 0.05) is 24.5 Å². The normalized spacial score (nSPS) is 33.2. The Labute approximate surface area is 89.8 Å². The molecule has 0 bridgehead atoms. The lowest BCUT2D eigenvalue weighted by atomic mass is 10.0. The third kappa shape index (κ3) is 3.22. The molecule has 0 aliphatic carbocycles. The molecule has 1 aliphatic heterocycles. The maximum Gasteiger partial charge on any atom is 0.0670 e. The van der Waals surface area contributed by atoms with E-state index in [2.05, 4.69) is 34.7 Å². The molecular weight excluding hydrogens is 230 g/mol. The van der Waals surface area contributed by atoms with E-state index in [1.807, 2.05) is 0 Å². The highest BCUT2D eigenvalue weighted by Gasteiger charge is 2.26.